The van der Waals surface area contributed by atoms with Crippen LogP contribution in [0.25, 0.3) is 11.0 Å². The van der Waals surface area contributed by atoms with E-state index in [2.05, 4.69) is 0 Å². The van der Waals surface area contributed by atoms with Gasteiger partial charge in [-0.15, -0.1) is 0 Å². The highest BCUT2D eigenvalue weighted by atomic mass is 16.6. The molecule has 0 spiro atoms. The largest absolute Gasteiger partial charge is 0.456 e. The van der Waals surface area contributed by atoms with Crippen LogP contribution < -0.4 is 0 Å². The van der Waals surface area contributed by atoms with E-state index in [9.17, 15) is 4.79 Å². The second-order valence-corrected chi connectivity index (χ2v) is 4.67. The molecule has 2 heterocycles. The first-order valence-electron chi connectivity index (χ1n) is 6.72. The van der Waals surface area contributed by atoms with Crippen molar-refractivity contribution in [1.82, 2.24) is 4.90 Å². The van der Waals surface area contributed by atoms with Gasteiger partial charge in [0.25, 0.3) is 0 Å². The highest BCUT2D eigenvalue weighted by Crippen LogP contribution is 2.37. The van der Waals surface area contributed by atoms with Gasteiger partial charge in [-0.1, -0.05) is 18.2 Å². The van der Waals surface area contributed by atoms with E-state index in [-0.39, 0.29) is 6.09 Å². The molecule has 0 radical (unpaired) electrons. The molecule has 5 heteroatoms. The molecule has 0 N–H and O–H groups in total. The molecular formula is C15H17NO4. The molecule has 1 aromatic carbocycles. The number of fused-ring (bicyclic) bond motifs is 3. The van der Waals surface area contributed by atoms with Crippen LogP contribution in [0.4, 0.5) is 4.79 Å². The van der Waals surface area contributed by atoms with Gasteiger partial charge in [0.2, 0.25) is 0 Å². The van der Waals surface area contributed by atoms with Gasteiger partial charge in [-0.05, 0) is 19.4 Å². The number of para-hydroxylation sites is 1. The summed E-state index contributed by atoms with van der Waals surface area (Å²) in [4.78, 5) is 13.5. The van der Waals surface area contributed by atoms with Gasteiger partial charge in [-0.25, -0.2) is 4.79 Å². The number of carbonyl (C=O) groups is 1. The number of amides is 1. The maximum atomic E-state index is 12.0. The summed E-state index contributed by atoms with van der Waals surface area (Å²) in [7, 11) is 1.57. The Hall–Kier alpha value is -2.01. The van der Waals surface area contributed by atoms with Crippen LogP contribution in [0.5, 0.6) is 0 Å². The molecule has 0 bridgehead atoms. The number of benzene rings is 1. The third-order valence-corrected chi connectivity index (χ3v) is 3.57. The first kappa shape index (κ1) is 13.0. The molecule has 0 fully saturated rings. The third-order valence-electron chi connectivity index (χ3n) is 3.57. The molecular weight excluding hydrogens is 258 g/mol. The van der Waals surface area contributed by atoms with E-state index >= 15 is 0 Å². The smallest absolute Gasteiger partial charge is 0.412 e. The molecule has 1 aliphatic rings. The van der Waals surface area contributed by atoms with Gasteiger partial charge >= 0.3 is 6.09 Å². The number of nitrogens with zero attached hydrogens (tertiary/aromatic N) is 1. The fourth-order valence-corrected chi connectivity index (χ4v) is 2.69. The topological polar surface area (TPSA) is 51.9 Å². The Morgan fingerprint density at radius 3 is 3.00 bits per heavy atom. The minimum absolute atomic E-state index is 0.346. The Kier molecular flexibility index (Phi) is 3.36. The second kappa shape index (κ2) is 5.17. The van der Waals surface area contributed by atoms with Crippen molar-refractivity contribution < 1.29 is 18.7 Å². The van der Waals surface area contributed by atoms with E-state index in [1.165, 1.54) is 0 Å². The van der Waals surface area contributed by atoms with E-state index in [0.29, 0.717) is 18.9 Å². The number of ether oxygens (including phenoxy) is 2. The van der Waals surface area contributed by atoms with E-state index in [0.717, 1.165) is 23.0 Å². The summed E-state index contributed by atoms with van der Waals surface area (Å²) in [6.45, 7) is 2.70. The summed E-state index contributed by atoms with van der Waals surface area (Å²) in [5, 5.41) is 1.09. The number of carbonyl (C=O) groups excluding carboxylic acids is 1. The van der Waals surface area contributed by atoms with Crippen LogP contribution in [0.2, 0.25) is 0 Å². The van der Waals surface area contributed by atoms with Crippen LogP contribution in [0.3, 0.4) is 0 Å². The molecule has 0 saturated carbocycles. The van der Waals surface area contributed by atoms with Crippen molar-refractivity contribution in [1.29, 1.82) is 0 Å². The number of hydrogen-bond acceptors (Lipinski definition) is 4. The fraction of sp³-hybridized carbons (Fsp3) is 0.400. The molecule has 20 heavy (non-hydrogen) atoms. The summed E-state index contributed by atoms with van der Waals surface area (Å²) in [6.07, 6.45) is -0.152. The van der Waals surface area contributed by atoms with E-state index in [4.69, 9.17) is 13.9 Å². The van der Waals surface area contributed by atoms with Gasteiger partial charge in [0.15, 0.2) is 12.0 Å². The van der Waals surface area contributed by atoms with E-state index in [1.807, 2.05) is 24.3 Å². The normalized spacial score (nSPS) is 18.1. The molecule has 106 valence electrons. The number of rotatable bonds is 2. The predicted molar refractivity (Wildman–Crippen MR) is 73.4 cm³/mol. The zero-order valence-corrected chi connectivity index (χ0v) is 11.6. The number of furan rings is 1. The van der Waals surface area contributed by atoms with Gasteiger partial charge in [0.1, 0.15) is 5.58 Å². The van der Waals surface area contributed by atoms with Crippen molar-refractivity contribution in [2.75, 3.05) is 20.3 Å². The number of hydrogen-bond donors (Lipinski definition) is 0. The standard InChI is InChI=1S/C15H17NO4/c1-3-19-15(17)16-9-8-11-10-6-4-5-7-12(10)20-13(11)14(16)18-2/h4-7,14H,3,8-9H2,1-2H3. The Labute approximate surface area is 117 Å². The minimum Gasteiger partial charge on any atom is -0.456 e. The molecule has 1 atom stereocenters. The van der Waals surface area contributed by atoms with Gasteiger partial charge in [0.05, 0.1) is 6.61 Å². The highest BCUT2D eigenvalue weighted by Gasteiger charge is 2.35. The second-order valence-electron chi connectivity index (χ2n) is 4.67. The first-order valence-corrected chi connectivity index (χ1v) is 6.72. The lowest BCUT2D eigenvalue weighted by Crippen LogP contribution is -2.40. The maximum Gasteiger partial charge on any atom is 0.412 e. The maximum absolute atomic E-state index is 12.0. The Morgan fingerprint density at radius 2 is 2.25 bits per heavy atom. The zero-order valence-electron chi connectivity index (χ0n) is 11.6. The van der Waals surface area contributed by atoms with Gasteiger partial charge in [-0.2, -0.15) is 0 Å². The van der Waals surface area contributed by atoms with Gasteiger partial charge in [0, 0.05) is 24.6 Å². The van der Waals surface area contributed by atoms with Crippen LogP contribution in [0, 0.1) is 0 Å². The average Bonchev–Trinajstić information content (AvgIpc) is 2.85. The van der Waals surface area contributed by atoms with Crippen molar-refractivity contribution in [3.05, 3.63) is 35.6 Å². The molecule has 1 amide bonds. The molecule has 1 aliphatic heterocycles. The number of methoxy groups -OCH3 is 1. The summed E-state index contributed by atoms with van der Waals surface area (Å²) in [6, 6.07) is 7.87. The van der Waals surface area contributed by atoms with Crippen molar-refractivity contribution in [3.8, 4) is 0 Å². The Bertz CT molecular complexity index is 634. The summed E-state index contributed by atoms with van der Waals surface area (Å²) < 4.78 is 16.4. The van der Waals surface area contributed by atoms with Crippen LogP contribution in [0.15, 0.2) is 28.7 Å². The third kappa shape index (κ3) is 1.94. The fourth-order valence-electron chi connectivity index (χ4n) is 2.69. The van der Waals surface area contributed by atoms with E-state index < -0.39 is 6.23 Å². The molecule has 3 rings (SSSR count). The summed E-state index contributed by atoms with van der Waals surface area (Å²) >= 11 is 0. The molecule has 1 aromatic heterocycles. The zero-order chi connectivity index (χ0) is 14.1. The first-order chi connectivity index (χ1) is 9.76. The predicted octanol–water partition coefficient (Wildman–Crippen LogP) is 3.09. The van der Waals surface area contributed by atoms with Crippen LogP contribution in [-0.2, 0) is 15.9 Å². The van der Waals surface area contributed by atoms with Crippen molar-refractivity contribution in [2.45, 2.75) is 19.6 Å². The molecule has 0 aliphatic carbocycles. The molecule has 5 nitrogen and oxygen atoms in total. The van der Waals surface area contributed by atoms with Crippen molar-refractivity contribution in [2.24, 2.45) is 0 Å². The lowest BCUT2D eigenvalue weighted by molar-refractivity contribution is -0.0481. The quantitative estimate of drug-likeness (QED) is 0.845. The Morgan fingerprint density at radius 1 is 1.45 bits per heavy atom. The molecule has 2 aromatic rings. The highest BCUT2D eigenvalue weighted by molar-refractivity contribution is 5.83. The van der Waals surface area contributed by atoms with Crippen LogP contribution >= 0.6 is 0 Å². The lowest BCUT2D eigenvalue weighted by Gasteiger charge is -2.32. The minimum atomic E-state index is -0.523. The lowest BCUT2D eigenvalue weighted by atomic mass is 10.0. The van der Waals surface area contributed by atoms with Crippen molar-refractivity contribution >= 4 is 17.1 Å². The monoisotopic (exact) mass is 275 g/mol. The van der Waals surface area contributed by atoms with Crippen molar-refractivity contribution in [3.63, 3.8) is 0 Å². The summed E-state index contributed by atoms with van der Waals surface area (Å²) in [5.74, 6) is 0.702. The van der Waals surface area contributed by atoms with Gasteiger partial charge < -0.3 is 13.9 Å². The average molecular weight is 275 g/mol. The Balaban J connectivity index is 2.02. The van der Waals surface area contributed by atoms with Crippen LogP contribution in [0.1, 0.15) is 24.5 Å². The van der Waals surface area contributed by atoms with Gasteiger partial charge in [-0.3, -0.25) is 4.90 Å². The SMILES string of the molecule is CCOC(=O)N1CCc2c(oc3ccccc23)C1OC. The molecule has 0 saturated heterocycles. The van der Waals surface area contributed by atoms with Crippen LogP contribution in [-0.4, -0.2) is 31.3 Å². The summed E-state index contributed by atoms with van der Waals surface area (Å²) in [5.41, 5.74) is 1.94. The van der Waals surface area contributed by atoms with E-state index in [1.54, 1.807) is 18.9 Å². The molecule has 1 unspecified atom stereocenters.